The van der Waals surface area contributed by atoms with Gasteiger partial charge in [0.2, 0.25) is 5.91 Å². The molecule has 0 aliphatic carbocycles. The number of amides is 1. The summed E-state index contributed by atoms with van der Waals surface area (Å²) in [6, 6.07) is 9.34. The summed E-state index contributed by atoms with van der Waals surface area (Å²) < 4.78 is 35.4. The highest BCUT2D eigenvalue weighted by molar-refractivity contribution is 8.00. The number of nitrogens with zero attached hydrogens (tertiary/aromatic N) is 1. The van der Waals surface area contributed by atoms with Crippen LogP contribution in [0.25, 0.3) is 0 Å². The van der Waals surface area contributed by atoms with Crippen LogP contribution >= 0.6 is 11.8 Å². The van der Waals surface area contributed by atoms with Crippen LogP contribution in [0.1, 0.15) is 17.3 Å². The number of halogens is 1. The fourth-order valence-electron chi connectivity index (χ4n) is 3.28. The molecule has 1 aliphatic heterocycles. The van der Waals surface area contributed by atoms with Gasteiger partial charge in [-0.25, -0.2) is 4.39 Å². The minimum atomic E-state index is -0.500. The van der Waals surface area contributed by atoms with E-state index in [1.165, 1.54) is 30.8 Å². The predicted octanol–water partition coefficient (Wildman–Crippen LogP) is 3.44. The van der Waals surface area contributed by atoms with E-state index in [0.29, 0.717) is 36.9 Å². The van der Waals surface area contributed by atoms with Gasteiger partial charge in [-0.3, -0.25) is 9.59 Å². The lowest BCUT2D eigenvalue weighted by Gasteiger charge is -2.33. The minimum absolute atomic E-state index is 0.00991. The third-order valence-corrected chi connectivity index (χ3v) is 5.93. The molecule has 1 amide bonds. The monoisotopic (exact) mass is 463 g/mol. The quantitative estimate of drug-likeness (QED) is 0.417. The number of hydrogen-bond acceptors (Lipinski definition) is 7. The van der Waals surface area contributed by atoms with Crippen LogP contribution in [-0.4, -0.2) is 69.0 Å². The van der Waals surface area contributed by atoms with E-state index in [4.69, 9.17) is 18.9 Å². The Kier molecular flexibility index (Phi) is 8.35. The average molecular weight is 464 g/mol. The Morgan fingerprint density at radius 2 is 1.88 bits per heavy atom. The number of rotatable bonds is 9. The lowest BCUT2D eigenvalue weighted by atomic mass is 10.1. The largest absolute Gasteiger partial charge is 0.493 e. The van der Waals surface area contributed by atoms with E-state index < -0.39 is 5.82 Å². The normalized spacial score (nSPS) is 15.9. The Hall–Kier alpha value is -2.78. The van der Waals surface area contributed by atoms with Crippen molar-refractivity contribution in [2.24, 2.45) is 0 Å². The third-order valence-electron chi connectivity index (χ3n) is 4.95. The highest BCUT2D eigenvalue weighted by Crippen LogP contribution is 2.32. The second-order valence-corrected chi connectivity index (χ2v) is 8.19. The van der Waals surface area contributed by atoms with Gasteiger partial charge in [0.25, 0.3) is 0 Å². The number of thioether (sulfide) groups is 1. The molecule has 1 unspecified atom stereocenters. The Morgan fingerprint density at radius 1 is 1.12 bits per heavy atom. The molecule has 2 aromatic rings. The van der Waals surface area contributed by atoms with E-state index in [0.717, 1.165) is 11.0 Å². The Labute approximate surface area is 190 Å². The number of morpholine rings is 1. The fourth-order valence-corrected chi connectivity index (χ4v) is 4.10. The third kappa shape index (κ3) is 6.14. The fraction of sp³-hybridized carbons (Fsp3) is 0.391. The molecule has 0 saturated carbocycles. The predicted molar refractivity (Wildman–Crippen MR) is 118 cm³/mol. The summed E-state index contributed by atoms with van der Waals surface area (Å²) in [7, 11) is 3.14. The van der Waals surface area contributed by atoms with Gasteiger partial charge >= 0.3 is 0 Å². The van der Waals surface area contributed by atoms with Crippen LogP contribution in [0.4, 0.5) is 4.39 Å². The molecule has 0 spiro atoms. The summed E-state index contributed by atoms with van der Waals surface area (Å²) in [6.07, 6.45) is -0.344. The molecule has 1 atom stereocenters. The topological polar surface area (TPSA) is 74.3 Å². The second kappa shape index (κ2) is 11.2. The first-order chi connectivity index (χ1) is 15.4. The molecule has 0 N–H and O–H groups in total. The number of ether oxygens (including phenoxy) is 4. The summed E-state index contributed by atoms with van der Waals surface area (Å²) in [4.78, 5) is 27.1. The first-order valence-electron chi connectivity index (χ1n) is 10.1. The molecule has 7 nitrogen and oxygen atoms in total. The van der Waals surface area contributed by atoms with Crippen molar-refractivity contribution in [1.29, 1.82) is 0 Å². The van der Waals surface area contributed by atoms with Gasteiger partial charge in [0.05, 0.1) is 38.7 Å². The number of carbonyl (C=O) groups is 2. The van der Waals surface area contributed by atoms with Crippen molar-refractivity contribution in [2.75, 3.05) is 46.3 Å². The van der Waals surface area contributed by atoms with Crippen molar-refractivity contribution in [1.82, 2.24) is 4.90 Å². The van der Waals surface area contributed by atoms with Gasteiger partial charge in [0, 0.05) is 11.4 Å². The molecule has 2 aromatic carbocycles. The van der Waals surface area contributed by atoms with Crippen LogP contribution in [0, 0.1) is 5.82 Å². The lowest BCUT2D eigenvalue weighted by Crippen LogP contribution is -2.48. The van der Waals surface area contributed by atoms with Crippen LogP contribution < -0.4 is 14.2 Å². The van der Waals surface area contributed by atoms with Gasteiger partial charge in [0.1, 0.15) is 24.3 Å². The molecule has 32 heavy (non-hydrogen) atoms. The second-order valence-electron chi connectivity index (χ2n) is 7.15. The first-order valence-corrected chi connectivity index (χ1v) is 11.1. The smallest absolute Gasteiger partial charge is 0.233 e. The Bertz CT molecular complexity index is 969. The molecule has 1 saturated heterocycles. The highest BCUT2D eigenvalue weighted by Gasteiger charge is 2.25. The molecule has 1 aliphatic rings. The van der Waals surface area contributed by atoms with Crippen LogP contribution in [0.3, 0.4) is 0 Å². The van der Waals surface area contributed by atoms with Crippen LogP contribution in [-0.2, 0) is 9.53 Å². The van der Waals surface area contributed by atoms with Crippen molar-refractivity contribution >= 4 is 23.5 Å². The van der Waals surface area contributed by atoms with Crippen molar-refractivity contribution in [3.05, 3.63) is 47.8 Å². The minimum Gasteiger partial charge on any atom is -0.493 e. The number of benzene rings is 2. The van der Waals surface area contributed by atoms with Crippen LogP contribution in [0.2, 0.25) is 0 Å². The number of carbonyl (C=O) groups excluding carboxylic acids is 2. The number of ketones is 1. The van der Waals surface area contributed by atoms with Crippen molar-refractivity contribution in [3.63, 3.8) is 0 Å². The maximum absolute atomic E-state index is 13.4. The molecule has 3 rings (SSSR count). The van der Waals surface area contributed by atoms with Gasteiger partial charge in [-0.1, -0.05) is 0 Å². The maximum Gasteiger partial charge on any atom is 0.233 e. The Balaban J connectivity index is 1.53. The van der Waals surface area contributed by atoms with Crippen LogP contribution in [0.15, 0.2) is 41.3 Å². The van der Waals surface area contributed by atoms with E-state index in [-0.39, 0.29) is 35.7 Å². The van der Waals surface area contributed by atoms with Crippen molar-refractivity contribution < 1.29 is 32.9 Å². The zero-order chi connectivity index (χ0) is 23.1. The number of Topliss-reactive ketones (excluding diaryl/α,β-unsaturated/α-hetero) is 1. The number of methoxy groups -OCH3 is 2. The van der Waals surface area contributed by atoms with Gasteiger partial charge in [0.15, 0.2) is 17.3 Å². The standard InChI is InChI=1S/C23H26FNO6S/c1-15(26)19-10-16(24)4-6-20(19)31-13-17-12-25(8-9-30-17)23(27)14-32-18-5-7-21(28-2)22(11-18)29-3/h4-7,10-11,17H,8-9,12-14H2,1-3H3. The van der Waals surface area contributed by atoms with Crippen molar-refractivity contribution in [2.45, 2.75) is 17.9 Å². The molecular formula is C23H26FNO6S. The van der Waals surface area contributed by atoms with Gasteiger partial charge < -0.3 is 23.8 Å². The molecular weight excluding hydrogens is 437 g/mol. The SMILES string of the molecule is COc1ccc(SCC(=O)N2CCOC(COc3ccc(F)cc3C(C)=O)C2)cc1OC. The van der Waals surface area contributed by atoms with E-state index in [1.807, 2.05) is 12.1 Å². The summed E-state index contributed by atoms with van der Waals surface area (Å²) in [5.74, 6) is 1.02. The zero-order valence-electron chi connectivity index (χ0n) is 18.3. The lowest BCUT2D eigenvalue weighted by molar-refractivity contribution is -0.137. The molecule has 9 heteroatoms. The molecule has 1 fully saturated rings. The summed E-state index contributed by atoms with van der Waals surface area (Å²) in [5.41, 5.74) is 0.181. The molecule has 0 aromatic heterocycles. The highest BCUT2D eigenvalue weighted by atomic mass is 32.2. The van der Waals surface area contributed by atoms with Crippen molar-refractivity contribution in [3.8, 4) is 17.2 Å². The molecule has 0 radical (unpaired) electrons. The van der Waals surface area contributed by atoms with E-state index >= 15 is 0 Å². The average Bonchev–Trinajstić information content (AvgIpc) is 2.81. The summed E-state index contributed by atoms with van der Waals surface area (Å²) >= 11 is 1.42. The van der Waals surface area contributed by atoms with Gasteiger partial charge in [-0.2, -0.15) is 0 Å². The number of hydrogen-bond donors (Lipinski definition) is 0. The molecule has 0 bridgehead atoms. The summed E-state index contributed by atoms with van der Waals surface area (Å²) in [5, 5.41) is 0. The van der Waals surface area contributed by atoms with E-state index in [9.17, 15) is 14.0 Å². The van der Waals surface area contributed by atoms with E-state index in [1.54, 1.807) is 25.2 Å². The van der Waals surface area contributed by atoms with Crippen LogP contribution in [0.5, 0.6) is 17.2 Å². The maximum atomic E-state index is 13.4. The Morgan fingerprint density at radius 3 is 2.59 bits per heavy atom. The van der Waals surface area contributed by atoms with E-state index in [2.05, 4.69) is 0 Å². The van der Waals surface area contributed by atoms with Gasteiger partial charge in [-0.05, 0) is 43.3 Å². The van der Waals surface area contributed by atoms with Gasteiger partial charge in [-0.15, -0.1) is 11.8 Å². The zero-order valence-corrected chi connectivity index (χ0v) is 19.1. The first kappa shape index (κ1) is 23.9. The summed E-state index contributed by atoms with van der Waals surface area (Å²) in [6.45, 7) is 2.77. The molecule has 1 heterocycles. The molecule has 172 valence electrons.